The lowest BCUT2D eigenvalue weighted by atomic mass is 10.4. The van der Waals surface area contributed by atoms with Crippen molar-refractivity contribution in [3.63, 3.8) is 0 Å². The number of hydrogen-bond acceptors (Lipinski definition) is 3. The highest BCUT2D eigenvalue weighted by Crippen LogP contribution is 1.97. The summed E-state index contributed by atoms with van der Waals surface area (Å²) in [5.41, 5.74) is 0.959. The number of rotatable bonds is 3. The van der Waals surface area contributed by atoms with E-state index in [2.05, 4.69) is 5.10 Å². The van der Waals surface area contributed by atoms with Gasteiger partial charge in [-0.15, -0.1) is 0 Å². The van der Waals surface area contributed by atoms with E-state index in [1.54, 1.807) is 10.9 Å². The van der Waals surface area contributed by atoms with Crippen molar-refractivity contribution in [1.29, 1.82) is 0 Å². The van der Waals surface area contributed by atoms with E-state index in [-0.39, 0.29) is 18.6 Å². The van der Waals surface area contributed by atoms with Crippen molar-refractivity contribution in [1.82, 2.24) is 9.78 Å². The number of hydrogen-bond donors (Lipinski definition) is 0. The number of aryl methyl sites for hydroxylation is 1. The van der Waals surface area contributed by atoms with Crippen LogP contribution in [0.1, 0.15) is 19.5 Å². The quantitative estimate of drug-likeness (QED) is 0.658. The van der Waals surface area contributed by atoms with Crippen LogP contribution in [0.3, 0.4) is 0 Å². The van der Waals surface area contributed by atoms with E-state index in [4.69, 9.17) is 4.74 Å². The maximum Gasteiger partial charge on any atom is 0.328 e. The van der Waals surface area contributed by atoms with Crippen LogP contribution in [-0.2, 0) is 16.1 Å². The molecule has 0 aromatic carbocycles. The lowest BCUT2D eigenvalue weighted by Crippen LogP contribution is -2.18. The Morgan fingerprint density at radius 2 is 2.38 bits per heavy atom. The van der Waals surface area contributed by atoms with Gasteiger partial charge in [0.25, 0.3) is 0 Å². The molecule has 0 saturated carbocycles. The number of aromatic nitrogens is 2. The minimum Gasteiger partial charge on any atom is -0.462 e. The molecule has 0 saturated heterocycles. The average Bonchev–Trinajstić information content (AvgIpc) is 2.34. The summed E-state index contributed by atoms with van der Waals surface area (Å²) in [5.74, 6) is -0.248. The van der Waals surface area contributed by atoms with Crippen LogP contribution >= 0.6 is 0 Å². The first-order chi connectivity index (χ1) is 6.09. The molecule has 0 spiro atoms. The molecule has 13 heavy (non-hydrogen) atoms. The normalized spacial score (nSPS) is 10.5. The third-order valence-electron chi connectivity index (χ3n) is 1.57. The fourth-order valence-corrected chi connectivity index (χ4v) is 0.987. The predicted octanol–water partition coefficient (Wildman–Crippen LogP) is 1.14. The van der Waals surface area contributed by atoms with Gasteiger partial charge in [-0.25, -0.2) is 0 Å². The highest BCUT2D eigenvalue weighted by molar-refractivity contribution is 5.69. The Morgan fingerprint density at radius 1 is 1.69 bits per heavy atom. The highest BCUT2D eigenvalue weighted by Gasteiger charge is 2.07. The molecule has 1 aromatic rings. The molecule has 72 valence electrons. The lowest BCUT2D eigenvalue weighted by Gasteiger charge is -2.08. The van der Waals surface area contributed by atoms with Crippen LogP contribution in [-0.4, -0.2) is 21.9 Å². The summed E-state index contributed by atoms with van der Waals surface area (Å²) in [7, 11) is 0. The van der Waals surface area contributed by atoms with E-state index in [1.807, 2.05) is 26.8 Å². The molecule has 0 radical (unpaired) electrons. The Bertz CT molecular complexity index is 292. The molecule has 4 nitrogen and oxygen atoms in total. The number of ether oxygens (including phenoxy) is 1. The summed E-state index contributed by atoms with van der Waals surface area (Å²) in [6, 6.07) is 1.85. The van der Waals surface area contributed by atoms with Crippen LogP contribution in [0.15, 0.2) is 12.3 Å². The summed E-state index contributed by atoms with van der Waals surface area (Å²) in [5, 5.41) is 3.98. The second-order valence-corrected chi connectivity index (χ2v) is 3.17. The van der Waals surface area contributed by atoms with Crippen molar-refractivity contribution in [2.75, 3.05) is 0 Å². The van der Waals surface area contributed by atoms with Gasteiger partial charge in [0.15, 0.2) is 0 Å². The van der Waals surface area contributed by atoms with Crippen molar-refractivity contribution in [2.45, 2.75) is 33.4 Å². The molecule has 4 heteroatoms. The largest absolute Gasteiger partial charge is 0.462 e. The Hall–Kier alpha value is -1.32. The third-order valence-corrected chi connectivity index (χ3v) is 1.57. The van der Waals surface area contributed by atoms with E-state index in [0.717, 1.165) is 5.69 Å². The van der Waals surface area contributed by atoms with Crippen LogP contribution in [0.4, 0.5) is 0 Å². The number of carbonyl (C=O) groups excluding carboxylic acids is 1. The molecule has 0 bridgehead atoms. The first-order valence-corrected chi connectivity index (χ1v) is 4.27. The van der Waals surface area contributed by atoms with Crippen molar-refractivity contribution >= 4 is 5.97 Å². The van der Waals surface area contributed by atoms with Gasteiger partial charge in [-0.2, -0.15) is 5.10 Å². The van der Waals surface area contributed by atoms with Gasteiger partial charge in [0.1, 0.15) is 6.54 Å². The van der Waals surface area contributed by atoms with E-state index in [9.17, 15) is 4.79 Å². The van der Waals surface area contributed by atoms with Gasteiger partial charge >= 0.3 is 5.97 Å². The second-order valence-electron chi connectivity index (χ2n) is 3.17. The molecule has 0 unspecified atom stereocenters. The summed E-state index contributed by atoms with van der Waals surface area (Å²) < 4.78 is 6.59. The highest BCUT2D eigenvalue weighted by atomic mass is 16.5. The van der Waals surface area contributed by atoms with Gasteiger partial charge in [-0.3, -0.25) is 9.48 Å². The Morgan fingerprint density at radius 3 is 2.85 bits per heavy atom. The Kier molecular flexibility index (Phi) is 3.06. The fraction of sp³-hybridized carbons (Fsp3) is 0.556. The van der Waals surface area contributed by atoms with Gasteiger partial charge < -0.3 is 4.74 Å². The van der Waals surface area contributed by atoms with Crippen LogP contribution in [0, 0.1) is 6.92 Å². The molecule has 1 rings (SSSR count). The maximum absolute atomic E-state index is 11.2. The van der Waals surface area contributed by atoms with Gasteiger partial charge in [-0.1, -0.05) is 0 Å². The zero-order valence-corrected chi connectivity index (χ0v) is 8.15. The molecule has 1 aromatic heterocycles. The minimum absolute atomic E-state index is 0.0663. The number of nitrogens with zero attached hydrogens (tertiary/aromatic N) is 2. The summed E-state index contributed by atoms with van der Waals surface area (Å²) in [6.45, 7) is 5.74. The Labute approximate surface area is 77.5 Å². The molecule has 0 aliphatic heterocycles. The van der Waals surface area contributed by atoms with E-state index in [0.29, 0.717) is 0 Å². The predicted molar refractivity (Wildman–Crippen MR) is 48.2 cm³/mol. The molecular formula is C9H14N2O2. The average molecular weight is 182 g/mol. The van der Waals surface area contributed by atoms with Crippen LogP contribution in [0.2, 0.25) is 0 Å². The molecule has 0 atom stereocenters. The molecule has 0 amide bonds. The lowest BCUT2D eigenvalue weighted by molar-refractivity contribution is -0.148. The van der Waals surface area contributed by atoms with Crippen molar-refractivity contribution in [2.24, 2.45) is 0 Å². The van der Waals surface area contributed by atoms with Crippen molar-refractivity contribution < 1.29 is 9.53 Å². The zero-order valence-electron chi connectivity index (χ0n) is 8.15. The topological polar surface area (TPSA) is 44.1 Å². The summed E-state index contributed by atoms with van der Waals surface area (Å²) >= 11 is 0. The Balaban J connectivity index is 2.50. The summed E-state index contributed by atoms with van der Waals surface area (Å²) in [4.78, 5) is 11.2. The smallest absolute Gasteiger partial charge is 0.328 e. The monoisotopic (exact) mass is 182 g/mol. The second kappa shape index (κ2) is 4.07. The molecule has 0 N–H and O–H groups in total. The first-order valence-electron chi connectivity index (χ1n) is 4.27. The third kappa shape index (κ3) is 2.89. The first kappa shape index (κ1) is 9.77. The van der Waals surface area contributed by atoms with E-state index in [1.165, 1.54) is 0 Å². The van der Waals surface area contributed by atoms with E-state index < -0.39 is 0 Å². The zero-order chi connectivity index (χ0) is 9.84. The van der Waals surface area contributed by atoms with Gasteiger partial charge in [0, 0.05) is 11.9 Å². The number of esters is 1. The number of carbonyl (C=O) groups is 1. The molecule has 1 heterocycles. The van der Waals surface area contributed by atoms with Crippen LogP contribution in [0.25, 0.3) is 0 Å². The van der Waals surface area contributed by atoms with Crippen LogP contribution in [0.5, 0.6) is 0 Å². The van der Waals surface area contributed by atoms with Gasteiger partial charge in [-0.05, 0) is 26.8 Å². The standard InChI is InChI=1S/C9H14N2O2/c1-7(2)13-9(12)6-11-8(3)4-5-10-11/h4-5,7H,6H2,1-3H3. The molecular weight excluding hydrogens is 168 g/mol. The fourth-order valence-electron chi connectivity index (χ4n) is 0.987. The van der Waals surface area contributed by atoms with E-state index >= 15 is 0 Å². The minimum atomic E-state index is -0.248. The molecule has 0 aliphatic rings. The van der Waals surface area contributed by atoms with Crippen molar-refractivity contribution in [3.05, 3.63) is 18.0 Å². The SMILES string of the molecule is Cc1ccnn1CC(=O)OC(C)C. The molecule has 0 fully saturated rings. The van der Waals surface area contributed by atoms with Crippen LogP contribution < -0.4 is 0 Å². The van der Waals surface area contributed by atoms with Crippen molar-refractivity contribution in [3.8, 4) is 0 Å². The maximum atomic E-state index is 11.2. The van der Waals surface area contributed by atoms with Gasteiger partial charge in [0.2, 0.25) is 0 Å². The van der Waals surface area contributed by atoms with Gasteiger partial charge in [0.05, 0.1) is 6.10 Å². The molecule has 0 aliphatic carbocycles. The summed E-state index contributed by atoms with van der Waals surface area (Å²) in [6.07, 6.45) is 1.60.